The molecule has 2 aliphatic carbocycles. The van der Waals surface area contributed by atoms with Crippen molar-refractivity contribution in [2.24, 2.45) is 0 Å². The average Bonchev–Trinajstić information content (AvgIpc) is 2.94. The van der Waals surface area contributed by atoms with Crippen LogP contribution in [0.1, 0.15) is 76.3 Å². The van der Waals surface area contributed by atoms with Gasteiger partial charge in [-0.25, -0.2) is 4.39 Å². The number of aliphatic hydroxyl groups is 1. The Hall–Kier alpha value is -4.28. The Bertz CT molecular complexity index is 1630. The molecule has 1 fully saturated rings. The second kappa shape index (κ2) is 11.5. The number of carbonyl (C=O) groups excluding carboxylic acids is 4. The number of esters is 2. The molecule has 12 nitrogen and oxygen atoms in total. The third-order valence-electron chi connectivity index (χ3n) is 7.97. The van der Waals surface area contributed by atoms with Crippen LogP contribution in [-0.2, 0) is 35.0 Å². The predicted molar refractivity (Wildman–Crippen MR) is 143 cm³/mol. The topological polar surface area (TPSA) is 175 Å². The minimum Gasteiger partial charge on any atom is -0.507 e. The van der Waals surface area contributed by atoms with Gasteiger partial charge < -0.3 is 39.0 Å². The number of hydrogen-bond donors (Lipinski definition) is 3. The first-order valence-electron chi connectivity index (χ1n) is 13.8. The molecule has 0 aromatic heterocycles. The van der Waals surface area contributed by atoms with Gasteiger partial charge in [0.25, 0.3) is 0 Å². The van der Waals surface area contributed by atoms with Gasteiger partial charge in [0.2, 0.25) is 5.78 Å². The highest BCUT2D eigenvalue weighted by atomic mass is 19.4. The van der Waals surface area contributed by atoms with Gasteiger partial charge in [-0.15, -0.1) is 0 Å². The summed E-state index contributed by atoms with van der Waals surface area (Å²) >= 11 is 0. The van der Waals surface area contributed by atoms with Crippen LogP contribution in [0.2, 0.25) is 0 Å². The van der Waals surface area contributed by atoms with E-state index in [-0.39, 0.29) is 22.4 Å². The Kier molecular flexibility index (Phi) is 8.28. The summed E-state index contributed by atoms with van der Waals surface area (Å²) in [7, 11) is 1.24. The van der Waals surface area contributed by atoms with Crippen molar-refractivity contribution in [2.75, 3.05) is 7.11 Å². The molecule has 2 aromatic carbocycles. The van der Waals surface area contributed by atoms with E-state index in [1.807, 2.05) is 0 Å². The lowest BCUT2D eigenvalue weighted by Gasteiger charge is -2.45. The van der Waals surface area contributed by atoms with Crippen molar-refractivity contribution in [3.63, 3.8) is 0 Å². The van der Waals surface area contributed by atoms with Crippen molar-refractivity contribution < 1.29 is 75.7 Å². The fraction of sp³-hybridized carbons (Fsp3) is 0.467. The number of ketones is 2. The molecule has 0 amide bonds. The Labute approximate surface area is 257 Å². The molecule has 3 aliphatic rings. The number of halogens is 4. The summed E-state index contributed by atoms with van der Waals surface area (Å²) in [6.07, 6.45) is -21.2. The first-order chi connectivity index (χ1) is 21.4. The monoisotopic (exact) mass is 656 g/mol. The number of phenolic OH excluding ortho intramolecular Hbond substituents is 2. The first kappa shape index (κ1) is 33.1. The third-order valence-corrected chi connectivity index (χ3v) is 7.97. The maximum atomic E-state index is 15.9. The number of carbonyl (C=O) groups is 4. The van der Waals surface area contributed by atoms with Gasteiger partial charge in [0.05, 0.1) is 35.5 Å². The van der Waals surface area contributed by atoms with E-state index in [0.29, 0.717) is 0 Å². The maximum Gasteiger partial charge on any atom is 0.418 e. The summed E-state index contributed by atoms with van der Waals surface area (Å²) in [6.45, 7) is 2.79. The highest BCUT2D eigenvalue weighted by Gasteiger charge is 2.61. The van der Waals surface area contributed by atoms with Gasteiger partial charge >= 0.3 is 18.1 Å². The van der Waals surface area contributed by atoms with E-state index in [9.17, 15) is 47.7 Å². The highest BCUT2D eigenvalue weighted by molar-refractivity contribution is 6.31. The number of ether oxygens (including phenoxy) is 5. The van der Waals surface area contributed by atoms with Crippen LogP contribution >= 0.6 is 0 Å². The van der Waals surface area contributed by atoms with Crippen molar-refractivity contribution in [1.82, 2.24) is 0 Å². The normalized spacial score (nSPS) is 28.9. The standard InChI is InChI=1S/C30H28F4O12/c1-10(35)43-25-20(31)28(46-27(30(32,33)34)26(25)44-11(2)36)45-15-9-29(3,41)8-13-17(15)24(40)19-18(22(13)38)21(37)12-6-5-7-14(42-4)16(12)23(19)39/h5-7,15,20,25-28,38,40-41H,8-9H2,1-4H3/t15-,20?,25?,26?,27?,28?,29-/m0/s1. The summed E-state index contributed by atoms with van der Waals surface area (Å²) in [5.41, 5.74) is -4.17. The van der Waals surface area contributed by atoms with Gasteiger partial charge in [-0.3, -0.25) is 19.2 Å². The zero-order chi connectivity index (χ0) is 34.0. The Morgan fingerprint density at radius 1 is 0.978 bits per heavy atom. The van der Waals surface area contributed by atoms with Gasteiger partial charge in [-0.05, 0) is 13.0 Å². The quantitative estimate of drug-likeness (QED) is 0.208. The van der Waals surface area contributed by atoms with E-state index in [1.54, 1.807) is 0 Å². The molecule has 5 unspecified atom stereocenters. The number of rotatable bonds is 5. The van der Waals surface area contributed by atoms with E-state index in [4.69, 9.17) is 18.9 Å². The van der Waals surface area contributed by atoms with E-state index in [2.05, 4.69) is 4.74 Å². The summed E-state index contributed by atoms with van der Waals surface area (Å²) in [4.78, 5) is 50.6. The lowest BCUT2D eigenvalue weighted by Crippen LogP contribution is -2.63. The fourth-order valence-corrected chi connectivity index (χ4v) is 6.20. The number of benzene rings is 2. The third kappa shape index (κ3) is 5.54. The van der Waals surface area contributed by atoms with Crippen LogP contribution in [0.15, 0.2) is 18.2 Å². The van der Waals surface area contributed by atoms with Crippen LogP contribution in [0.4, 0.5) is 17.6 Å². The van der Waals surface area contributed by atoms with Gasteiger partial charge in [0.15, 0.2) is 36.6 Å². The van der Waals surface area contributed by atoms with Crippen LogP contribution in [0, 0.1) is 0 Å². The largest absolute Gasteiger partial charge is 0.507 e. The number of aromatic hydroxyl groups is 2. The minimum absolute atomic E-state index is 0.0261. The Morgan fingerprint density at radius 2 is 1.59 bits per heavy atom. The van der Waals surface area contributed by atoms with Crippen LogP contribution < -0.4 is 4.74 Å². The molecule has 46 heavy (non-hydrogen) atoms. The highest BCUT2D eigenvalue weighted by Crippen LogP contribution is 2.52. The minimum atomic E-state index is -5.31. The Balaban J connectivity index is 1.63. The van der Waals surface area contributed by atoms with Crippen LogP contribution in [-0.4, -0.2) is 88.5 Å². The summed E-state index contributed by atoms with van der Waals surface area (Å²) in [5.74, 6) is -6.03. The molecule has 7 atom stereocenters. The number of alkyl halides is 4. The number of fused-ring (bicyclic) bond motifs is 3. The number of methoxy groups -OCH3 is 1. The van der Waals surface area contributed by atoms with E-state index in [0.717, 1.165) is 13.8 Å². The van der Waals surface area contributed by atoms with E-state index in [1.165, 1.54) is 32.2 Å². The van der Waals surface area contributed by atoms with Gasteiger partial charge in [-0.2, -0.15) is 13.2 Å². The number of phenols is 2. The molecular weight excluding hydrogens is 628 g/mol. The van der Waals surface area contributed by atoms with E-state index >= 15 is 4.39 Å². The lowest BCUT2D eigenvalue weighted by atomic mass is 9.73. The summed E-state index contributed by atoms with van der Waals surface area (Å²) in [6, 6.07) is 4.12. The maximum absolute atomic E-state index is 15.9. The summed E-state index contributed by atoms with van der Waals surface area (Å²) < 4.78 is 83.5. The molecule has 1 aliphatic heterocycles. The van der Waals surface area contributed by atoms with Gasteiger partial charge in [0.1, 0.15) is 17.2 Å². The predicted octanol–water partition coefficient (Wildman–Crippen LogP) is 3.13. The first-order valence-corrected chi connectivity index (χ1v) is 13.8. The average molecular weight is 657 g/mol. The molecule has 3 N–H and O–H groups in total. The Morgan fingerprint density at radius 3 is 2.17 bits per heavy atom. The molecule has 5 rings (SSSR count). The zero-order valence-corrected chi connectivity index (χ0v) is 24.6. The molecule has 2 aromatic rings. The second-order valence-corrected chi connectivity index (χ2v) is 11.4. The van der Waals surface area contributed by atoms with Crippen molar-refractivity contribution in [3.8, 4) is 17.2 Å². The molecule has 0 radical (unpaired) electrons. The SMILES string of the molecule is COc1cccc2c1C(=O)c1c(O)c3c(c(O)c1C2=O)C[C@](C)(O)C[C@@H]3OC1OC(C(F)(F)F)C(OC(C)=O)C(OC(C)=O)C1F. The molecular formula is C30H28F4O12. The molecule has 1 heterocycles. The molecule has 0 spiro atoms. The fourth-order valence-electron chi connectivity index (χ4n) is 6.20. The second-order valence-electron chi connectivity index (χ2n) is 11.4. The molecule has 0 bridgehead atoms. The molecule has 16 heteroatoms. The summed E-state index contributed by atoms with van der Waals surface area (Å²) in [5, 5.41) is 33.9. The molecule has 0 saturated carbocycles. The van der Waals surface area contributed by atoms with Crippen molar-refractivity contribution >= 4 is 23.5 Å². The van der Waals surface area contributed by atoms with Crippen molar-refractivity contribution in [1.29, 1.82) is 0 Å². The number of hydrogen-bond acceptors (Lipinski definition) is 12. The van der Waals surface area contributed by atoms with Crippen LogP contribution in [0.25, 0.3) is 0 Å². The smallest absolute Gasteiger partial charge is 0.418 e. The van der Waals surface area contributed by atoms with Crippen LogP contribution in [0.3, 0.4) is 0 Å². The molecule has 248 valence electrons. The van der Waals surface area contributed by atoms with E-state index < -0.39 is 113 Å². The van der Waals surface area contributed by atoms with Crippen molar-refractivity contribution in [2.45, 2.75) is 82.3 Å². The molecule has 1 saturated heterocycles. The van der Waals surface area contributed by atoms with Gasteiger partial charge in [-0.1, -0.05) is 12.1 Å². The zero-order valence-electron chi connectivity index (χ0n) is 24.6. The van der Waals surface area contributed by atoms with Crippen molar-refractivity contribution in [3.05, 3.63) is 51.6 Å². The lowest BCUT2D eigenvalue weighted by molar-refractivity contribution is -0.355. The van der Waals surface area contributed by atoms with Crippen LogP contribution in [0.5, 0.6) is 17.2 Å². The van der Waals surface area contributed by atoms with Gasteiger partial charge in [0, 0.05) is 43.4 Å².